The van der Waals surface area contributed by atoms with Crippen LogP contribution in [0.5, 0.6) is 0 Å². The third kappa shape index (κ3) is 2.77. The van der Waals surface area contributed by atoms with Gasteiger partial charge < -0.3 is 0 Å². The number of hydrogen-bond acceptors (Lipinski definition) is 2. The molecular weight excluding hydrogens is 245 g/mol. The summed E-state index contributed by atoms with van der Waals surface area (Å²) in [5.74, 6) is -0.133. The summed E-state index contributed by atoms with van der Waals surface area (Å²) in [6.07, 6.45) is -2.71. The molecule has 0 saturated carbocycles. The first kappa shape index (κ1) is 12.2. The van der Waals surface area contributed by atoms with Crippen LogP contribution in [0.15, 0.2) is 6.07 Å². The zero-order valence-electron chi connectivity index (χ0n) is 7.48. The van der Waals surface area contributed by atoms with Crippen molar-refractivity contribution in [3.05, 3.63) is 28.0 Å². The number of pyridine rings is 1. The maximum atomic E-state index is 12.5. The first-order valence-electron chi connectivity index (χ1n) is 3.99. The van der Waals surface area contributed by atoms with E-state index >= 15 is 0 Å². The second-order valence-corrected chi connectivity index (χ2v) is 3.37. The van der Waals surface area contributed by atoms with Crippen LogP contribution >= 0.6 is 23.2 Å². The Morgan fingerprint density at radius 2 is 2.20 bits per heavy atom. The molecule has 1 aromatic rings. The van der Waals surface area contributed by atoms with Crippen molar-refractivity contribution in [1.29, 1.82) is 5.26 Å². The van der Waals surface area contributed by atoms with Gasteiger partial charge in [0.05, 0.1) is 24.1 Å². The van der Waals surface area contributed by atoms with E-state index in [0.29, 0.717) is 5.56 Å². The number of nitrogens with zero attached hydrogens (tertiary/aromatic N) is 2. The lowest BCUT2D eigenvalue weighted by Crippen LogP contribution is -2.00. The average molecular weight is 251 g/mol. The van der Waals surface area contributed by atoms with Crippen LogP contribution in [0.2, 0.25) is 5.15 Å². The molecule has 0 aromatic carbocycles. The number of alkyl halides is 3. The highest BCUT2D eigenvalue weighted by Crippen LogP contribution is 2.27. The fourth-order valence-corrected chi connectivity index (χ4v) is 1.53. The van der Waals surface area contributed by atoms with Crippen molar-refractivity contribution < 1.29 is 8.78 Å². The van der Waals surface area contributed by atoms with Crippen molar-refractivity contribution >= 4 is 23.2 Å². The predicted octanol–water partition coefficient (Wildman–Crippen LogP) is 3.48. The minimum atomic E-state index is -2.67. The number of hydrogen-bond donors (Lipinski definition) is 0. The second-order valence-electron chi connectivity index (χ2n) is 2.74. The Morgan fingerprint density at radius 3 is 2.67 bits per heavy atom. The summed E-state index contributed by atoms with van der Waals surface area (Å²) < 4.78 is 25.1. The molecule has 0 fully saturated rings. The van der Waals surface area contributed by atoms with Gasteiger partial charge in [-0.2, -0.15) is 5.26 Å². The van der Waals surface area contributed by atoms with Gasteiger partial charge in [0.1, 0.15) is 5.15 Å². The van der Waals surface area contributed by atoms with Crippen molar-refractivity contribution in [2.24, 2.45) is 0 Å². The molecule has 80 valence electrons. The monoisotopic (exact) mass is 250 g/mol. The zero-order valence-corrected chi connectivity index (χ0v) is 8.99. The Morgan fingerprint density at radius 1 is 1.53 bits per heavy atom. The Balaban J connectivity index is 3.25. The first-order chi connectivity index (χ1) is 7.10. The molecule has 1 rings (SSSR count). The summed E-state index contributed by atoms with van der Waals surface area (Å²) in [6.45, 7) is 0. The standard InChI is InChI=1S/C9H6Cl2F2N2/c10-4-7-6(9(12)13)3-5(1-2-14)8(11)15-7/h3,9H,1,4H2. The van der Waals surface area contributed by atoms with E-state index in [0.717, 1.165) is 0 Å². The lowest BCUT2D eigenvalue weighted by molar-refractivity contribution is 0.150. The number of aromatic nitrogens is 1. The summed E-state index contributed by atoms with van der Waals surface area (Å²) in [5.41, 5.74) is 0.0846. The van der Waals surface area contributed by atoms with Crippen molar-refractivity contribution in [3.8, 4) is 6.07 Å². The van der Waals surface area contributed by atoms with Crippen LogP contribution in [0.25, 0.3) is 0 Å². The van der Waals surface area contributed by atoms with Gasteiger partial charge in [0, 0.05) is 11.1 Å². The molecule has 2 nitrogen and oxygen atoms in total. The topological polar surface area (TPSA) is 36.7 Å². The molecule has 0 amide bonds. The Hall–Kier alpha value is -0.920. The minimum absolute atomic E-state index is 0.0475. The van der Waals surface area contributed by atoms with Gasteiger partial charge in [-0.15, -0.1) is 11.6 Å². The van der Waals surface area contributed by atoms with Gasteiger partial charge in [0.15, 0.2) is 0 Å². The summed E-state index contributed by atoms with van der Waals surface area (Å²) in [7, 11) is 0. The summed E-state index contributed by atoms with van der Waals surface area (Å²) in [4.78, 5) is 3.73. The van der Waals surface area contributed by atoms with Gasteiger partial charge in [-0.25, -0.2) is 13.8 Å². The average Bonchev–Trinajstić information content (AvgIpc) is 2.20. The molecule has 0 radical (unpaired) electrons. The number of nitriles is 1. The van der Waals surface area contributed by atoms with Crippen LogP contribution in [0.1, 0.15) is 23.2 Å². The Bertz CT molecular complexity index is 402. The molecule has 0 spiro atoms. The molecule has 0 aliphatic rings. The maximum absolute atomic E-state index is 12.5. The molecule has 0 saturated heterocycles. The molecule has 0 bridgehead atoms. The molecule has 0 atom stereocenters. The predicted molar refractivity (Wildman–Crippen MR) is 53.1 cm³/mol. The van der Waals surface area contributed by atoms with Crippen molar-refractivity contribution in [2.45, 2.75) is 18.7 Å². The largest absolute Gasteiger partial charge is 0.265 e. The number of rotatable bonds is 3. The van der Waals surface area contributed by atoms with Crippen LogP contribution < -0.4 is 0 Å². The van der Waals surface area contributed by atoms with E-state index in [1.54, 1.807) is 0 Å². The third-order valence-electron chi connectivity index (χ3n) is 1.79. The molecule has 1 aromatic heterocycles. The highest BCUT2D eigenvalue weighted by molar-refractivity contribution is 6.30. The molecule has 0 aliphatic heterocycles. The smallest absolute Gasteiger partial charge is 0.239 e. The van der Waals surface area contributed by atoms with Crippen LogP contribution in [-0.4, -0.2) is 4.98 Å². The van der Waals surface area contributed by atoms with Crippen LogP contribution in [0.3, 0.4) is 0 Å². The normalized spacial score (nSPS) is 10.4. The van der Waals surface area contributed by atoms with Crippen molar-refractivity contribution in [3.63, 3.8) is 0 Å². The van der Waals surface area contributed by atoms with Crippen molar-refractivity contribution in [2.75, 3.05) is 0 Å². The van der Waals surface area contributed by atoms with Gasteiger partial charge in [-0.3, -0.25) is 0 Å². The van der Waals surface area contributed by atoms with E-state index in [2.05, 4.69) is 4.98 Å². The molecule has 0 aliphatic carbocycles. The molecule has 1 heterocycles. The SMILES string of the molecule is N#CCc1cc(C(F)F)c(CCl)nc1Cl. The lowest BCUT2D eigenvalue weighted by atomic mass is 10.1. The van der Waals surface area contributed by atoms with Crippen LogP contribution in [0.4, 0.5) is 8.78 Å². The van der Waals surface area contributed by atoms with E-state index in [1.807, 2.05) is 6.07 Å². The maximum Gasteiger partial charge on any atom is 0.265 e. The van der Waals surface area contributed by atoms with E-state index in [9.17, 15) is 8.78 Å². The fraction of sp³-hybridized carbons (Fsp3) is 0.333. The van der Waals surface area contributed by atoms with Gasteiger partial charge in [0.2, 0.25) is 0 Å². The quantitative estimate of drug-likeness (QED) is 0.609. The van der Waals surface area contributed by atoms with E-state index < -0.39 is 6.43 Å². The number of halogens is 4. The molecule has 6 heteroatoms. The lowest BCUT2D eigenvalue weighted by Gasteiger charge is -2.08. The first-order valence-corrected chi connectivity index (χ1v) is 4.90. The molecule has 0 N–H and O–H groups in total. The van der Waals surface area contributed by atoms with Crippen LogP contribution in [-0.2, 0) is 12.3 Å². The highest BCUT2D eigenvalue weighted by Gasteiger charge is 2.16. The molecule has 0 unspecified atom stereocenters. The molecular formula is C9H6Cl2F2N2. The minimum Gasteiger partial charge on any atom is -0.239 e. The second kappa shape index (κ2) is 5.24. The van der Waals surface area contributed by atoms with Crippen molar-refractivity contribution in [1.82, 2.24) is 4.98 Å². The van der Waals surface area contributed by atoms with Gasteiger partial charge in [-0.1, -0.05) is 11.6 Å². The fourth-order valence-electron chi connectivity index (χ4n) is 1.09. The Labute approximate surface area is 95.4 Å². The summed E-state index contributed by atoms with van der Waals surface area (Å²) in [6, 6.07) is 3.01. The molecule has 15 heavy (non-hydrogen) atoms. The van der Waals surface area contributed by atoms with E-state index in [-0.39, 0.29) is 28.7 Å². The van der Waals surface area contributed by atoms with Gasteiger partial charge in [0.25, 0.3) is 6.43 Å². The third-order valence-corrected chi connectivity index (χ3v) is 2.37. The highest BCUT2D eigenvalue weighted by atomic mass is 35.5. The van der Waals surface area contributed by atoms with Crippen LogP contribution in [0, 0.1) is 11.3 Å². The van der Waals surface area contributed by atoms with E-state index in [4.69, 9.17) is 28.5 Å². The van der Waals surface area contributed by atoms with E-state index in [1.165, 1.54) is 6.07 Å². The van der Waals surface area contributed by atoms with Gasteiger partial charge >= 0.3 is 0 Å². The zero-order chi connectivity index (χ0) is 11.4. The summed E-state index contributed by atoms with van der Waals surface area (Å²) in [5, 5.41) is 8.50. The summed E-state index contributed by atoms with van der Waals surface area (Å²) >= 11 is 11.2. The van der Waals surface area contributed by atoms with Gasteiger partial charge in [-0.05, 0) is 6.07 Å². The Kier molecular flexibility index (Phi) is 4.25.